The van der Waals surface area contributed by atoms with Crippen molar-refractivity contribution in [1.29, 1.82) is 0 Å². The number of methoxy groups -OCH3 is 3. The second kappa shape index (κ2) is 8.44. The van der Waals surface area contributed by atoms with E-state index in [0.717, 1.165) is 0 Å². The van der Waals surface area contributed by atoms with Crippen molar-refractivity contribution in [3.8, 4) is 17.2 Å². The molecule has 2 aromatic carbocycles. The minimum Gasteiger partial charge on any atom is -0.497 e. The Bertz CT molecular complexity index is 833. The van der Waals surface area contributed by atoms with Crippen molar-refractivity contribution in [2.24, 2.45) is 5.41 Å². The van der Waals surface area contributed by atoms with Crippen LogP contribution >= 0.6 is 0 Å². The molecule has 0 heterocycles. The van der Waals surface area contributed by atoms with E-state index < -0.39 is 17.2 Å². The van der Waals surface area contributed by atoms with Crippen molar-refractivity contribution in [2.45, 2.75) is 13.8 Å². The van der Waals surface area contributed by atoms with Gasteiger partial charge in [-0.05, 0) is 38.1 Å². The van der Waals surface area contributed by atoms with Gasteiger partial charge in [-0.3, -0.25) is 9.59 Å². The summed E-state index contributed by atoms with van der Waals surface area (Å²) in [5, 5.41) is 5.48. The van der Waals surface area contributed by atoms with Crippen LogP contribution in [0.1, 0.15) is 13.8 Å². The molecule has 2 rings (SSSR count). The third-order valence-electron chi connectivity index (χ3n) is 4.15. The maximum atomic E-state index is 12.8. The first-order valence-corrected chi connectivity index (χ1v) is 8.31. The lowest BCUT2D eigenvalue weighted by Crippen LogP contribution is -2.41. The molecule has 144 valence electrons. The second-order valence-corrected chi connectivity index (χ2v) is 6.30. The van der Waals surface area contributed by atoms with Gasteiger partial charge in [0.2, 0.25) is 11.8 Å². The lowest BCUT2D eigenvalue weighted by Gasteiger charge is -2.24. The van der Waals surface area contributed by atoms with E-state index in [-0.39, 0.29) is 0 Å². The van der Waals surface area contributed by atoms with E-state index in [0.29, 0.717) is 28.6 Å². The predicted octanol–water partition coefficient (Wildman–Crippen LogP) is 3.32. The standard InChI is InChI=1S/C20H24N2O5/c1-20(2,18(23)21-14-8-6-7-9-16(14)26-4)19(24)22-15-11-10-13(25-3)12-17(15)27-5/h6-12H,1-5H3,(H,21,23)(H,22,24). The van der Waals surface area contributed by atoms with Gasteiger partial charge in [0.1, 0.15) is 22.7 Å². The highest BCUT2D eigenvalue weighted by molar-refractivity contribution is 6.14. The molecule has 0 radical (unpaired) electrons. The largest absolute Gasteiger partial charge is 0.497 e. The molecule has 27 heavy (non-hydrogen) atoms. The number of benzene rings is 2. The summed E-state index contributed by atoms with van der Waals surface area (Å²) in [5.41, 5.74) is -0.402. The van der Waals surface area contributed by atoms with Crippen molar-refractivity contribution >= 4 is 23.2 Å². The van der Waals surface area contributed by atoms with Crippen LogP contribution in [0.25, 0.3) is 0 Å². The number of hydrogen-bond acceptors (Lipinski definition) is 5. The quantitative estimate of drug-likeness (QED) is 0.728. The van der Waals surface area contributed by atoms with Crippen molar-refractivity contribution in [1.82, 2.24) is 0 Å². The van der Waals surface area contributed by atoms with Gasteiger partial charge in [-0.15, -0.1) is 0 Å². The average Bonchev–Trinajstić information content (AvgIpc) is 2.68. The normalized spacial score (nSPS) is 10.7. The third-order valence-corrected chi connectivity index (χ3v) is 4.15. The number of nitrogens with one attached hydrogen (secondary N) is 2. The maximum Gasteiger partial charge on any atom is 0.239 e. The Hall–Kier alpha value is -3.22. The molecule has 2 aromatic rings. The molecule has 2 N–H and O–H groups in total. The number of para-hydroxylation sites is 2. The highest BCUT2D eigenvalue weighted by Crippen LogP contribution is 2.31. The number of anilines is 2. The van der Waals surface area contributed by atoms with Crippen LogP contribution < -0.4 is 24.8 Å². The van der Waals surface area contributed by atoms with E-state index in [4.69, 9.17) is 14.2 Å². The zero-order valence-corrected chi connectivity index (χ0v) is 16.1. The van der Waals surface area contributed by atoms with E-state index >= 15 is 0 Å². The zero-order valence-electron chi connectivity index (χ0n) is 16.1. The Morgan fingerprint density at radius 3 is 1.89 bits per heavy atom. The van der Waals surface area contributed by atoms with Crippen molar-refractivity contribution in [2.75, 3.05) is 32.0 Å². The van der Waals surface area contributed by atoms with E-state index in [1.54, 1.807) is 63.4 Å². The Kier molecular flexibility index (Phi) is 6.28. The summed E-state index contributed by atoms with van der Waals surface area (Å²) < 4.78 is 15.6. The summed E-state index contributed by atoms with van der Waals surface area (Å²) in [4.78, 5) is 25.5. The summed E-state index contributed by atoms with van der Waals surface area (Å²) in [6.07, 6.45) is 0. The van der Waals surface area contributed by atoms with Crippen LogP contribution in [-0.4, -0.2) is 33.1 Å². The van der Waals surface area contributed by atoms with Crippen LogP contribution in [-0.2, 0) is 9.59 Å². The molecule has 0 saturated heterocycles. The zero-order chi connectivity index (χ0) is 20.0. The fourth-order valence-corrected chi connectivity index (χ4v) is 2.31. The Balaban J connectivity index is 2.18. The van der Waals surface area contributed by atoms with Crippen molar-refractivity contribution in [3.63, 3.8) is 0 Å². The average molecular weight is 372 g/mol. The fraction of sp³-hybridized carbons (Fsp3) is 0.300. The minimum absolute atomic E-state index is 0.434. The van der Waals surface area contributed by atoms with Gasteiger partial charge in [-0.1, -0.05) is 12.1 Å². The van der Waals surface area contributed by atoms with Crippen LogP contribution in [0.15, 0.2) is 42.5 Å². The second-order valence-electron chi connectivity index (χ2n) is 6.30. The number of amides is 2. The maximum absolute atomic E-state index is 12.8. The number of hydrogen-bond donors (Lipinski definition) is 2. The van der Waals surface area contributed by atoms with Crippen LogP contribution in [0.3, 0.4) is 0 Å². The summed E-state index contributed by atoms with van der Waals surface area (Å²) in [6, 6.07) is 12.0. The third kappa shape index (κ3) is 4.49. The molecule has 0 atom stereocenters. The molecule has 0 aliphatic carbocycles. The van der Waals surface area contributed by atoms with E-state index in [1.807, 2.05) is 0 Å². The molecule has 0 bridgehead atoms. The number of carbonyl (C=O) groups is 2. The minimum atomic E-state index is -1.34. The van der Waals surface area contributed by atoms with Crippen LogP contribution in [0, 0.1) is 5.41 Å². The topological polar surface area (TPSA) is 85.9 Å². The van der Waals surface area contributed by atoms with Gasteiger partial charge in [0.05, 0.1) is 32.7 Å². The van der Waals surface area contributed by atoms with Gasteiger partial charge >= 0.3 is 0 Å². The lowest BCUT2D eigenvalue weighted by molar-refractivity contribution is -0.135. The highest BCUT2D eigenvalue weighted by Gasteiger charge is 2.37. The molecule has 0 aliphatic heterocycles. The molecular weight excluding hydrogens is 348 g/mol. The molecule has 0 aromatic heterocycles. The molecule has 0 unspecified atom stereocenters. The Morgan fingerprint density at radius 2 is 1.33 bits per heavy atom. The van der Waals surface area contributed by atoms with Gasteiger partial charge < -0.3 is 24.8 Å². The molecule has 0 fully saturated rings. The number of carbonyl (C=O) groups excluding carboxylic acids is 2. The monoisotopic (exact) mass is 372 g/mol. The van der Waals surface area contributed by atoms with Gasteiger partial charge in [0.15, 0.2) is 0 Å². The van der Waals surface area contributed by atoms with Gasteiger partial charge in [-0.25, -0.2) is 0 Å². The van der Waals surface area contributed by atoms with E-state index in [2.05, 4.69) is 10.6 Å². The first-order valence-electron chi connectivity index (χ1n) is 8.31. The fourth-order valence-electron chi connectivity index (χ4n) is 2.31. The first-order chi connectivity index (χ1) is 12.8. The summed E-state index contributed by atoms with van der Waals surface area (Å²) in [6.45, 7) is 3.09. The summed E-state index contributed by atoms with van der Waals surface area (Å²) >= 11 is 0. The molecule has 7 nitrogen and oxygen atoms in total. The summed E-state index contributed by atoms with van der Waals surface area (Å²) in [7, 11) is 4.54. The summed E-state index contributed by atoms with van der Waals surface area (Å²) in [5.74, 6) is 0.607. The molecule has 2 amide bonds. The molecule has 0 aliphatic rings. The Labute approximate surface area is 158 Å². The molecule has 7 heteroatoms. The highest BCUT2D eigenvalue weighted by atomic mass is 16.5. The lowest BCUT2D eigenvalue weighted by atomic mass is 9.90. The smallest absolute Gasteiger partial charge is 0.239 e. The van der Waals surface area contributed by atoms with Gasteiger partial charge in [-0.2, -0.15) is 0 Å². The SMILES string of the molecule is COc1ccc(NC(=O)C(C)(C)C(=O)Nc2ccccc2OC)c(OC)c1. The molecule has 0 spiro atoms. The van der Waals surface area contributed by atoms with Crippen LogP contribution in [0.4, 0.5) is 11.4 Å². The van der Waals surface area contributed by atoms with E-state index in [1.165, 1.54) is 14.2 Å². The molecule has 0 saturated carbocycles. The Morgan fingerprint density at radius 1 is 0.778 bits per heavy atom. The first kappa shape index (κ1) is 20.1. The molecular formula is C20H24N2O5. The predicted molar refractivity (Wildman–Crippen MR) is 104 cm³/mol. The van der Waals surface area contributed by atoms with Crippen molar-refractivity contribution < 1.29 is 23.8 Å². The van der Waals surface area contributed by atoms with Gasteiger partial charge in [0, 0.05) is 6.07 Å². The van der Waals surface area contributed by atoms with Crippen molar-refractivity contribution in [3.05, 3.63) is 42.5 Å². The van der Waals surface area contributed by atoms with E-state index in [9.17, 15) is 9.59 Å². The van der Waals surface area contributed by atoms with Crippen LogP contribution in [0.2, 0.25) is 0 Å². The van der Waals surface area contributed by atoms with Gasteiger partial charge in [0.25, 0.3) is 0 Å². The van der Waals surface area contributed by atoms with Crippen LogP contribution in [0.5, 0.6) is 17.2 Å². The number of rotatable bonds is 7. The number of ether oxygens (including phenoxy) is 3.